The molecular weight excluding hydrogens is 270 g/mol. The standard InChI is InChI=1S/C20H33NO/c1-15-10-11-20(17(3)14-15)22-13-6-5-12-21-19-9-7-8-16(2)18(19)4/h10-11,14,16,18-19,21H,5-9,12-13H2,1-4H3/p+1/t16-,18+,19-/m0/s1. The summed E-state index contributed by atoms with van der Waals surface area (Å²) in [5.41, 5.74) is 2.55. The highest BCUT2D eigenvalue weighted by molar-refractivity contribution is 5.35. The van der Waals surface area contributed by atoms with Gasteiger partial charge >= 0.3 is 0 Å². The predicted molar refractivity (Wildman–Crippen MR) is 93.4 cm³/mol. The third-order valence-corrected chi connectivity index (χ3v) is 5.43. The summed E-state index contributed by atoms with van der Waals surface area (Å²) >= 11 is 0. The average molecular weight is 304 g/mol. The van der Waals surface area contributed by atoms with Crippen LogP contribution in [0.4, 0.5) is 0 Å². The van der Waals surface area contributed by atoms with E-state index in [1.165, 1.54) is 43.4 Å². The molecule has 0 aliphatic heterocycles. The van der Waals surface area contributed by atoms with Crippen LogP contribution in [0.3, 0.4) is 0 Å². The first kappa shape index (κ1) is 17.3. The van der Waals surface area contributed by atoms with Crippen LogP contribution in [0.5, 0.6) is 5.75 Å². The molecule has 2 N–H and O–H groups in total. The van der Waals surface area contributed by atoms with Gasteiger partial charge in [-0.3, -0.25) is 0 Å². The number of quaternary nitrogens is 1. The molecule has 0 saturated heterocycles. The molecule has 0 spiro atoms. The second-order valence-electron chi connectivity index (χ2n) is 7.28. The van der Waals surface area contributed by atoms with E-state index < -0.39 is 0 Å². The van der Waals surface area contributed by atoms with Gasteiger partial charge in [-0.15, -0.1) is 0 Å². The number of unbranched alkanes of at least 4 members (excludes halogenated alkanes) is 1. The Hall–Kier alpha value is -1.02. The number of aryl methyl sites for hydroxylation is 2. The molecule has 0 amide bonds. The summed E-state index contributed by atoms with van der Waals surface area (Å²) in [6, 6.07) is 7.27. The molecule has 2 rings (SSSR count). The van der Waals surface area contributed by atoms with Gasteiger partial charge in [0.2, 0.25) is 0 Å². The minimum atomic E-state index is 0.842. The molecule has 0 bridgehead atoms. The average Bonchev–Trinajstić information content (AvgIpc) is 2.48. The van der Waals surface area contributed by atoms with Crippen LogP contribution in [-0.2, 0) is 0 Å². The van der Waals surface area contributed by atoms with E-state index in [1.54, 1.807) is 0 Å². The Bertz CT molecular complexity index is 457. The fraction of sp³-hybridized carbons (Fsp3) is 0.700. The molecule has 2 heteroatoms. The van der Waals surface area contributed by atoms with E-state index in [4.69, 9.17) is 4.74 Å². The van der Waals surface area contributed by atoms with Crippen molar-refractivity contribution in [2.75, 3.05) is 13.2 Å². The van der Waals surface area contributed by atoms with Gasteiger partial charge in [-0.1, -0.05) is 31.5 Å². The van der Waals surface area contributed by atoms with Gasteiger partial charge in [0.1, 0.15) is 5.75 Å². The van der Waals surface area contributed by atoms with Gasteiger partial charge in [0.25, 0.3) is 0 Å². The molecule has 0 heterocycles. The summed E-state index contributed by atoms with van der Waals surface area (Å²) in [5, 5.41) is 2.59. The Morgan fingerprint density at radius 2 is 1.95 bits per heavy atom. The van der Waals surface area contributed by atoms with Crippen molar-refractivity contribution < 1.29 is 10.1 Å². The van der Waals surface area contributed by atoms with Crippen LogP contribution in [0.25, 0.3) is 0 Å². The van der Waals surface area contributed by atoms with Crippen molar-refractivity contribution in [3.05, 3.63) is 29.3 Å². The second kappa shape index (κ2) is 8.57. The molecular formula is C20H34NO+. The van der Waals surface area contributed by atoms with Gasteiger partial charge in [-0.25, -0.2) is 0 Å². The molecule has 2 nitrogen and oxygen atoms in total. The Labute approximate surface area is 136 Å². The van der Waals surface area contributed by atoms with Gasteiger partial charge in [0.05, 0.1) is 19.2 Å². The van der Waals surface area contributed by atoms with Crippen LogP contribution >= 0.6 is 0 Å². The van der Waals surface area contributed by atoms with Gasteiger partial charge in [-0.2, -0.15) is 0 Å². The monoisotopic (exact) mass is 304 g/mol. The van der Waals surface area contributed by atoms with E-state index >= 15 is 0 Å². The summed E-state index contributed by atoms with van der Waals surface area (Å²) < 4.78 is 5.91. The Morgan fingerprint density at radius 1 is 1.14 bits per heavy atom. The summed E-state index contributed by atoms with van der Waals surface area (Å²) in [5.74, 6) is 2.83. The maximum Gasteiger partial charge on any atom is 0.122 e. The first-order valence-electron chi connectivity index (χ1n) is 9.11. The largest absolute Gasteiger partial charge is 0.493 e. The fourth-order valence-corrected chi connectivity index (χ4v) is 3.68. The maximum absolute atomic E-state index is 5.91. The van der Waals surface area contributed by atoms with Crippen LogP contribution in [-0.4, -0.2) is 19.2 Å². The Kier molecular flexibility index (Phi) is 6.75. The zero-order valence-corrected chi connectivity index (χ0v) is 14.9. The number of benzene rings is 1. The molecule has 22 heavy (non-hydrogen) atoms. The molecule has 1 saturated carbocycles. The van der Waals surface area contributed by atoms with Crippen LogP contribution in [0.1, 0.15) is 57.1 Å². The minimum absolute atomic E-state index is 0.842. The lowest BCUT2D eigenvalue weighted by molar-refractivity contribution is -0.699. The number of hydrogen-bond donors (Lipinski definition) is 1. The third-order valence-electron chi connectivity index (χ3n) is 5.43. The van der Waals surface area contributed by atoms with E-state index in [2.05, 4.69) is 51.2 Å². The van der Waals surface area contributed by atoms with Crippen LogP contribution in [0.15, 0.2) is 18.2 Å². The summed E-state index contributed by atoms with van der Waals surface area (Å²) in [4.78, 5) is 0. The second-order valence-corrected chi connectivity index (χ2v) is 7.28. The number of ether oxygens (including phenoxy) is 1. The SMILES string of the molecule is Cc1ccc(OCCCC[NH2+][C@H]2CCC[C@H](C)[C@H]2C)c(C)c1. The van der Waals surface area contributed by atoms with E-state index in [1.807, 2.05) is 0 Å². The molecule has 1 aliphatic carbocycles. The quantitative estimate of drug-likeness (QED) is 0.761. The van der Waals surface area contributed by atoms with Gasteiger partial charge < -0.3 is 10.1 Å². The summed E-state index contributed by atoms with van der Waals surface area (Å²) in [6.07, 6.45) is 6.66. The molecule has 0 unspecified atom stereocenters. The lowest BCUT2D eigenvalue weighted by Crippen LogP contribution is -2.92. The van der Waals surface area contributed by atoms with Gasteiger partial charge in [0.15, 0.2) is 0 Å². The van der Waals surface area contributed by atoms with E-state index in [-0.39, 0.29) is 0 Å². The highest BCUT2D eigenvalue weighted by Crippen LogP contribution is 2.27. The van der Waals surface area contributed by atoms with E-state index in [9.17, 15) is 0 Å². The fourth-order valence-electron chi connectivity index (χ4n) is 3.68. The zero-order chi connectivity index (χ0) is 15.9. The van der Waals surface area contributed by atoms with Crippen molar-refractivity contribution in [1.82, 2.24) is 0 Å². The predicted octanol–water partition coefficient (Wildman–Crippen LogP) is 3.85. The lowest BCUT2D eigenvalue weighted by atomic mass is 9.78. The molecule has 124 valence electrons. The molecule has 1 aromatic carbocycles. The van der Waals surface area contributed by atoms with Crippen molar-refractivity contribution in [3.63, 3.8) is 0 Å². The number of hydrogen-bond acceptors (Lipinski definition) is 1. The van der Waals surface area contributed by atoms with Crippen molar-refractivity contribution in [2.45, 2.75) is 65.8 Å². The smallest absolute Gasteiger partial charge is 0.122 e. The normalized spacial score (nSPS) is 25.2. The topological polar surface area (TPSA) is 25.8 Å². The first-order chi connectivity index (χ1) is 10.6. The van der Waals surface area contributed by atoms with Crippen molar-refractivity contribution in [3.8, 4) is 5.75 Å². The van der Waals surface area contributed by atoms with Crippen LogP contribution in [0.2, 0.25) is 0 Å². The number of rotatable bonds is 7. The molecule has 0 radical (unpaired) electrons. The molecule has 1 aliphatic rings. The van der Waals surface area contributed by atoms with E-state index in [0.717, 1.165) is 36.7 Å². The maximum atomic E-state index is 5.91. The van der Waals surface area contributed by atoms with Crippen LogP contribution < -0.4 is 10.1 Å². The Morgan fingerprint density at radius 3 is 2.73 bits per heavy atom. The molecule has 0 aromatic heterocycles. The minimum Gasteiger partial charge on any atom is -0.493 e. The molecule has 1 fully saturated rings. The van der Waals surface area contributed by atoms with E-state index in [0.29, 0.717) is 0 Å². The van der Waals surface area contributed by atoms with Crippen molar-refractivity contribution >= 4 is 0 Å². The third kappa shape index (κ3) is 5.01. The zero-order valence-electron chi connectivity index (χ0n) is 14.9. The van der Waals surface area contributed by atoms with Crippen molar-refractivity contribution in [1.29, 1.82) is 0 Å². The Balaban J connectivity index is 1.59. The first-order valence-corrected chi connectivity index (χ1v) is 9.11. The highest BCUT2D eigenvalue weighted by Gasteiger charge is 2.29. The number of nitrogens with two attached hydrogens (primary N) is 1. The lowest BCUT2D eigenvalue weighted by Gasteiger charge is -2.32. The summed E-state index contributed by atoms with van der Waals surface area (Å²) in [6.45, 7) is 11.2. The summed E-state index contributed by atoms with van der Waals surface area (Å²) in [7, 11) is 0. The van der Waals surface area contributed by atoms with Crippen molar-refractivity contribution in [2.24, 2.45) is 11.8 Å². The molecule has 1 aromatic rings. The van der Waals surface area contributed by atoms with Gasteiger partial charge in [0, 0.05) is 5.92 Å². The molecule has 3 atom stereocenters. The van der Waals surface area contributed by atoms with Gasteiger partial charge in [-0.05, 0) is 63.5 Å². The highest BCUT2D eigenvalue weighted by atomic mass is 16.5. The van der Waals surface area contributed by atoms with Crippen LogP contribution in [0, 0.1) is 25.7 Å².